The molecule has 1 N–H and O–H groups in total. The van der Waals surface area contributed by atoms with Crippen LogP contribution in [0.3, 0.4) is 0 Å². The lowest BCUT2D eigenvalue weighted by molar-refractivity contribution is -0.116. The molecule has 0 saturated carbocycles. The molecule has 1 aliphatic rings. The maximum Gasteiger partial charge on any atom is 0.226 e. The molecule has 0 unspecified atom stereocenters. The van der Waals surface area contributed by atoms with E-state index in [1.165, 1.54) is 0 Å². The number of halogens is 1. The smallest absolute Gasteiger partial charge is 0.226 e. The van der Waals surface area contributed by atoms with Gasteiger partial charge in [0.15, 0.2) is 11.6 Å². The molecule has 1 aliphatic carbocycles. The third-order valence-electron chi connectivity index (χ3n) is 5.01. The minimum Gasteiger partial charge on any atom is -0.326 e. The molecule has 1 amide bonds. The van der Waals surface area contributed by atoms with E-state index >= 15 is 0 Å². The predicted molar refractivity (Wildman–Crippen MR) is 111 cm³/mol. The summed E-state index contributed by atoms with van der Waals surface area (Å²) in [6, 6.07) is 22.7. The van der Waals surface area contributed by atoms with Crippen molar-refractivity contribution in [2.45, 2.75) is 11.8 Å². The Morgan fingerprint density at radius 3 is 1.89 bits per heavy atom. The summed E-state index contributed by atoms with van der Waals surface area (Å²) >= 11 is 3.35. The summed E-state index contributed by atoms with van der Waals surface area (Å²) in [5.41, 5.74) is 0.337. The highest BCUT2D eigenvalue weighted by Crippen LogP contribution is 2.42. The lowest BCUT2D eigenvalue weighted by Crippen LogP contribution is -2.41. The van der Waals surface area contributed by atoms with Crippen LogP contribution in [0.4, 0.5) is 5.69 Å². The van der Waals surface area contributed by atoms with Crippen molar-refractivity contribution in [1.82, 2.24) is 0 Å². The summed E-state index contributed by atoms with van der Waals surface area (Å²) in [5, 5.41) is 2.79. The molecule has 0 spiro atoms. The molecule has 3 aromatic carbocycles. The maximum atomic E-state index is 13.4. The Balaban J connectivity index is 1.74. The van der Waals surface area contributed by atoms with Crippen molar-refractivity contribution in [1.29, 1.82) is 0 Å². The number of Topliss-reactive ketones (excluding diaryl/α,β-unsaturated/α-hetero) is 2. The number of carbonyl (C=O) groups excluding carboxylic acids is 3. The molecule has 5 heteroatoms. The van der Waals surface area contributed by atoms with Crippen molar-refractivity contribution >= 4 is 39.1 Å². The van der Waals surface area contributed by atoms with Gasteiger partial charge >= 0.3 is 0 Å². The largest absolute Gasteiger partial charge is 0.326 e. The summed E-state index contributed by atoms with van der Waals surface area (Å²) in [7, 11) is 0. The number of hydrogen-bond acceptors (Lipinski definition) is 3. The second-order valence-corrected chi connectivity index (χ2v) is 7.62. The van der Waals surface area contributed by atoms with E-state index in [-0.39, 0.29) is 23.9 Å². The van der Waals surface area contributed by atoms with Gasteiger partial charge in [0.25, 0.3) is 0 Å². The SMILES string of the molecule is O=C(CC1(c2ccccc2)C(=O)c2ccccc2C1=O)Nc1ccc(Br)cc1. The van der Waals surface area contributed by atoms with Gasteiger partial charge in [-0.15, -0.1) is 0 Å². The summed E-state index contributed by atoms with van der Waals surface area (Å²) in [5.74, 6) is -1.05. The van der Waals surface area contributed by atoms with Gasteiger partial charge in [0.05, 0.1) is 6.42 Å². The lowest BCUT2D eigenvalue weighted by Gasteiger charge is -2.26. The van der Waals surface area contributed by atoms with Gasteiger partial charge in [-0.25, -0.2) is 0 Å². The van der Waals surface area contributed by atoms with Crippen LogP contribution in [0.2, 0.25) is 0 Å². The first-order valence-electron chi connectivity index (χ1n) is 8.82. The van der Waals surface area contributed by atoms with E-state index in [4.69, 9.17) is 0 Å². The molecule has 0 bridgehead atoms. The van der Waals surface area contributed by atoms with E-state index in [0.717, 1.165) is 4.47 Å². The number of rotatable bonds is 4. The van der Waals surface area contributed by atoms with Gasteiger partial charge in [-0.2, -0.15) is 0 Å². The zero-order valence-corrected chi connectivity index (χ0v) is 16.4. The molecule has 3 aromatic rings. The zero-order chi connectivity index (χ0) is 19.7. The maximum absolute atomic E-state index is 13.4. The Morgan fingerprint density at radius 2 is 1.32 bits per heavy atom. The number of nitrogens with one attached hydrogen (secondary N) is 1. The van der Waals surface area contributed by atoms with Crippen LogP contribution in [0.5, 0.6) is 0 Å². The molecular weight excluding hydrogens is 418 g/mol. The molecule has 138 valence electrons. The average Bonchev–Trinajstić information content (AvgIpc) is 2.93. The first-order valence-corrected chi connectivity index (χ1v) is 9.61. The summed E-state index contributed by atoms with van der Waals surface area (Å²) in [6.07, 6.45) is -0.251. The minimum atomic E-state index is -1.54. The van der Waals surface area contributed by atoms with Crippen molar-refractivity contribution in [2.24, 2.45) is 0 Å². The molecule has 0 fully saturated rings. The molecule has 0 aliphatic heterocycles. The van der Waals surface area contributed by atoms with Crippen LogP contribution >= 0.6 is 15.9 Å². The van der Waals surface area contributed by atoms with Gasteiger partial charge in [0.2, 0.25) is 5.91 Å². The molecule has 0 heterocycles. The van der Waals surface area contributed by atoms with Crippen LogP contribution in [0.25, 0.3) is 0 Å². The van der Waals surface area contributed by atoms with Crippen LogP contribution in [-0.2, 0) is 10.2 Å². The molecule has 28 heavy (non-hydrogen) atoms. The third kappa shape index (κ3) is 2.98. The molecule has 0 radical (unpaired) electrons. The summed E-state index contributed by atoms with van der Waals surface area (Å²) in [4.78, 5) is 39.6. The number of ketones is 2. The van der Waals surface area contributed by atoms with Crippen LogP contribution in [0, 0.1) is 0 Å². The summed E-state index contributed by atoms with van der Waals surface area (Å²) < 4.78 is 0.892. The van der Waals surface area contributed by atoms with Gasteiger partial charge in [-0.1, -0.05) is 70.5 Å². The molecule has 0 atom stereocenters. The molecule has 4 nitrogen and oxygen atoms in total. The van der Waals surface area contributed by atoms with E-state index in [9.17, 15) is 14.4 Å². The third-order valence-corrected chi connectivity index (χ3v) is 5.54. The Morgan fingerprint density at radius 1 is 0.786 bits per heavy atom. The lowest BCUT2D eigenvalue weighted by atomic mass is 9.73. The Bertz CT molecular complexity index is 1040. The van der Waals surface area contributed by atoms with Crippen LogP contribution in [0.1, 0.15) is 32.7 Å². The van der Waals surface area contributed by atoms with E-state index in [2.05, 4.69) is 21.2 Å². The first-order chi connectivity index (χ1) is 13.5. The monoisotopic (exact) mass is 433 g/mol. The molecule has 4 rings (SSSR count). The fourth-order valence-corrected chi connectivity index (χ4v) is 3.93. The fraction of sp³-hybridized carbons (Fsp3) is 0.0870. The second kappa shape index (κ2) is 7.17. The highest BCUT2D eigenvalue weighted by molar-refractivity contribution is 9.10. The second-order valence-electron chi connectivity index (χ2n) is 6.71. The van der Waals surface area contributed by atoms with Crippen LogP contribution in [-0.4, -0.2) is 17.5 Å². The van der Waals surface area contributed by atoms with Crippen molar-refractivity contribution in [2.75, 3.05) is 5.32 Å². The van der Waals surface area contributed by atoms with Gasteiger partial charge in [-0.3, -0.25) is 14.4 Å². The molecule has 0 saturated heterocycles. The standard InChI is InChI=1S/C23H16BrNO3/c24-16-10-12-17(13-11-16)25-20(26)14-23(15-6-2-1-3-7-15)21(27)18-8-4-5-9-19(18)22(23)28/h1-13H,14H2,(H,25,26). The number of carbonyl (C=O) groups is 3. The Hall–Kier alpha value is -3.05. The van der Waals surface area contributed by atoms with Gasteiger partial charge < -0.3 is 5.32 Å². The minimum absolute atomic E-state index is 0.251. The predicted octanol–water partition coefficient (Wildman–Crippen LogP) is 4.79. The van der Waals surface area contributed by atoms with Gasteiger partial charge in [0.1, 0.15) is 5.41 Å². The van der Waals surface area contributed by atoms with Crippen molar-refractivity contribution < 1.29 is 14.4 Å². The van der Waals surface area contributed by atoms with Gasteiger partial charge in [0, 0.05) is 21.3 Å². The quantitative estimate of drug-likeness (QED) is 0.601. The highest BCUT2D eigenvalue weighted by atomic mass is 79.9. The van der Waals surface area contributed by atoms with Crippen LogP contribution < -0.4 is 5.32 Å². The number of benzene rings is 3. The van der Waals surface area contributed by atoms with E-state index < -0.39 is 5.41 Å². The molecular formula is C23H16BrNO3. The number of amides is 1. The first kappa shape index (κ1) is 18.3. The van der Waals surface area contributed by atoms with Crippen molar-refractivity contribution in [3.63, 3.8) is 0 Å². The zero-order valence-electron chi connectivity index (χ0n) is 14.8. The highest BCUT2D eigenvalue weighted by Gasteiger charge is 2.55. The Kier molecular flexibility index (Phi) is 4.69. The number of anilines is 1. The van der Waals surface area contributed by atoms with Crippen molar-refractivity contribution in [3.8, 4) is 0 Å². The van der Waals surface area contributed by atoms with Crippen molar-refractivity contribution in [3.05, 3.63) is 100 Å². The fourth-order valence-electron chi connectivity index (χ4n) is 3.67. The molecule has 0 aromatic heterocycles. The van der Waals surface area contributed by atoms with E-state index in [0.29, 0.717) is 22.4 Å². The average molecular weight is 434 g/mol. The summed E-state index contributed by atoms with van der Waals surface area (Å²) in [6.45, 7) is 0. The number of hydrogen-bond donors (Lipinski definition) is 1. The van der Waals surface area contributed by atoms with E-state index in [1.54, 1.807) is 60.7 Å². The topological polar surface area (TPSA) is 63.2 Å². The normalized spacial score (nSPS) is 14.6. The Labute approximate surface area is 170 Å². The van der Waals surface area contributed by atoms with E-state index in [1.807, 2.05) is 18.2 Å². The van der Waals surface area contributed by atoms with Gasteiger partial charge in [-0.05, 0) is 29.8 Å². The van der Waals surface area contributed by atoms with Crippen LogP contribution in [0.15, 0.2) is 83.3 Å². The number of fused-ring (bicyclic) bond motifs is 1.